The first-order valence-corrected chi connectivity index (χ1v) is 7.69. The van der Waals surface area contributed by atoms with Gasteiger partial charge in [0, 0.05) is 24.7 Å². The summed E-state index contributed by atoms with van der Waals surface area (Å²) in [6.07, 6.45) is 4.29. The number of nitrogens with two attached hydrogens (primary N) is 1. The van der Waals surface area contributed by atoms with Crippen LogP contribution in [0, 0.1) is 0 Å². The fraction of sp³-hybridized carbons (Fsp3) is 0.286. The van der Waals surface area contributed by atoms with Crippen LogP contribution in [0.1, 0.15) is 12.8 Å². The first-order valence-electron chi connectivity index (χ1n) is 6.75. The number of hydrogen-bond donors (Lipinski definition) is 1. The molecule has 1 aliphatic heterocycles. The van der Waals surface area contributed by atoms with Gasteiger partial charge in [-0.3, -0.25) is 0 Å². The van der Waals surface area contributed by atoms with Crippen LogP contribution in [0.5, 0.6) is 0 Å². The molecule has 0 amide bonds. The van der Waals surface area contributed by atoms with Gasteiger partial charge in [0.15, 0.2) is 5.65 Å². The third-order valence-corrected chi connectivity index (χ3v) is 4.43. The van der Waals surface area contributed by atoms with Crippen LogP contribution in [0.25, 0.3) is 16.8 Å². The van der Waals surface area contributed by atoms with Gasteiger partial charge in [-0.15, -0.1) is 0 Å². The van der Waals surface area contributed by atoms with Gasteiger partial charge in [0.05, 0.1) is 6.20 Å². The van der Waals surface area contributed by atoms with Gasteiger partial charge in [0.1, 0.15) is 11.6 Å². The molecule has 3 aromatic heterocycles. The molecule has 0 spiro atoms. The molecule has 0 aromatic carbocycles. The van der Waals surface area contributed by atoms with Gasteiger partial charge in [-0.05, 0) is 35.2 Å². The largest absolute Gasteiger partial charge is 0.383 e. The highest BCUT2D eigenvalue weighted by atomic mass is 32.1. The number of nitrogens with zero attached hydrogens (tertiary/aromatic N) is 4. The Morgan fingerprint density at radius 2 is 2.10 bits per heavy atom. The second-order valence-electron chi connectivity index (χ2n) is 5.04. The number of thiophene rings is 1. The Balaban J connectivity index is 1.90. The summed E-state index contributed by atoms with van der Waals surface area (Å²) in [4.78, 5) is 7.08. The zero-order valence-electron chi connectivity index (χ0n) is 11.0. The van der Waals surface area contributed by atoms with Gasteiger partial charge >= 0.3 is 0 Å². The van der Waals surface area contributed by atoms with Crippen molar-refractivity contribution >= 4 is 28.6 Å². The Labute approximate surface area is 120 Å². The monoisotopic (exact) mass is 285 g/mol. The molecule has 4 rings (SSSR count). The van der Waals surface area contributed by atoms with E-state index in [9.17, 15) is 0 Å². The van der Waals surface area contributed by atoms with Crippen LogP contribution in [0.2, 0.25) is 0 Å². The van der Waals surface area contributed by atoms with E-state index in [0.29, 0.717) is 5.82 Å². The summed E-state index contributed by atoms with van der Waals surface area (Å²) < 4.78 is 1.71. The van der Waals surface area contributed by atoms with E-state index in [0.717, 1.165) is 35.7 Å². The summed E-state index contributed by atoms with van der Waals surface area (Å²) in [6, 6.07) is 4.00. The van der Waals surface area contributed by atoms with Gasteiger partial charge in [-0.2, -0.15) is 21.0 Å². The molecule has 1 fully saturated rings. The van der Waals surface area contributed by atoms with Crippen molar-refractivity contribution in [2.75, 3.05) is 23.7 Å². The molecule has 0 saturated carbocycles. The quantitative estimate of drug-likeness (QED) is 0.786. The zero-order valence-corrected chi connectivity index (χ0v) is 11.8. The molecular weight excluding hydrogens is 270 g/mol. The van der Waals surface area contributed by atoms with Crippen LogP contribution in [0.3, 0.4) is 0 Å². The minimum atomic E-state index is 0.637. The predicted octanol–water partition coefficient (Wildman–Crippen LogP) is 2.64. The molecule has 1 saturated heterocycles. The molecule has 2 N–H and O–H groups in total. The van der Waals surface area contributed by atoms with Gasteiger partial charge < -0.3 is 10.6 Å². The van der Waals surface area contributed by atoms with Crippen LogP contribution in [-0.2, 0) is 0 Å². The summed E-state index contributed by atoms with van der Waals surface area (Å²) in [5, 5.41) is 8.53. The number of rotatable bonds is 2. The smallest absolute Gasteiger partial charge is 0.167 e. The number of anilines is 2. The molecule has 20 heavy (non-hydrogen) atoms. The maximum absolute atomic E-state index is 6.13. The van der Waals surface area contributed by atoms with Crippen LogP contribution < -0.4 is 10.6 Å². The average Bonchev–Trinajstić information content (AvgIpc) is 3.19. The first kappa shape index (κ1) is 11.7. The number of aromatic nitrogens is 3. The summed E-state index contributed by atoms with van der Waals surface area (Å²) in [5.41, 5.74) is 9.16. The minimum absolute atomic E-state index is 0.637. The van der Waals surface area contributed by atoms with Gasteiger partial charge in [-0.1, -0.05) is 0 Å². The third-order valence-electron chi connectivity index (χ3n) is 3.75. The average molecular weight is 285 g/mol. The van der Waals surface area contributed by atoms with Gasteiger partial charge in [-0.25, -0.2) is 4.98 Å². The van der Waals surface area contributed by atoms with E-state index in [1.807, 2.05) is 12.3 Å². The van der Waals surface area contributed by atoms with E-state index in [4.69, 9.17) is 10.7 Å². The molecule has 4 heterocycles. The highest BCUT2D eigenvalue weighted by Crippen LogP contribution is 2.29. The van der Waals surface area contributed by atoms with E-state index < -0.39 is 0 Å². The Kier molecular flexibility index (Phi) is 2.63. The van der Waals surface area contributed by atoms with Crippen LogP contribution in [0.4, 0.5) is 11.6 Å². The van der Waals surface area contributed by atoms with E-state index in [-0.39, 0.29) is 0 Å². The second-order valence-corrected chi connectivity index (χ2v) is 5.82. The normalized spacial score (nSPS) is 15.3. The molecule has 0 radical (unpaired) electrons. The zero-order chi connectivity index (χ0) is 13.5. The van der Waals surface area contributed by atoms with Crippen molar-refractivity contribution in [3.63, 3.8) is 0 Å². The first-order chi connectivity index (χ1) is 9.83. The summed E-state index contributed by atoms with van der Waals surface area (Å²) in [5.74, 6) is 1.60. The lowest BCUT2D eigenvalue weighted by Gasteiger charge is -2.17. The fourth-order valence-electron chi connectivity index (χ4n) is 2.70. The molecule has 102 valence electrons. The molecule has 0 atom stereocenters. The molecule has 1 aliphatic rings. The van der Waals surface area contributed by atoms with E-state index >= 15 is 0 Å². The van der Waals surface area contributed by atoms with Gasteiger partial charge in [0.25, 0.3) is 0 Å². The lowest BCUT2D eigenvalue weighted by atomic mass is 10.2. The maximum Gasteiger partial charge on any atom is 0.167 e. The van der Waals surface area contributed by atoms with E-state index in [1.54, 1.807) is 15.9 Å². The SMILES string of the molecule is Nc1cc(N2CCCC2)nc2c(-c3ccsc3)cnn12. The maximum atomic E-state index is 6.13. The highest BCUT2D eigenvalue weighted by molar-refractivity contribution is 7.08. The van der Waals surface area contributed by atoms with Crippen molar-refractivity contribution in [2.45, 2.75) is 12.8 Å². The summed E-state index contributed by atoms with van der Waals surface area (Å²) in [7, 11) is 0. The highest BCUT2D eigenvalue weighted by Gasteiger charge is 2.17. The fourth-order valence-corrected chi connectivity index (χ4v) is 3.36. The number of fused-ring (bicyclic) bond motifs is 1. The Morgan fingerprint density at radius 3 is 2.85 bits per heavy atom. The lowest BCUT2D eigenvalue weighted by Crippen LogP contribution is -2.20. The van der Waals surface area contributed by atoms with Crippen molar-refractivity contribution in [1.82, 2.24) is 14.6 Å². The topological polar surface area (TPSA) is 59.5 Å². The number of hydrogen-bond acceptors (Lipinski definition) is 5. The molecule has 0 unspecified atom stereocenters. The lowest BCUT2D eigenvalue weighted by molar-refractivity contribution is 0.906. The Morgan fingerprint density at radius 1 is 1.25 bits per heavy atom. The number of nitrogen functional groups attached to an aromatic ring is 1. The van der Waals surface area contributed by atoms with Crippen molar-refractivity contribution in [1.29, 1.82) is 0 Å². The molecule has 6 heteroatoms. The molecule has 3 aromatic rings. The van der Waals surface area contributed by atoms with Crippen LogP contribution in [-0.4, -0.2) is 27.7 Å². The van der Waals surface area contributed by atoms with E-state index in [2.05, 4.69) is 26.8 Å². The van der Waals surface area contributed by atoms with Gasteiger partial charge in [0.2, 0.25) is 0 Å². The molecule has 0 bridgehead atoms. The molecule has 5 nitrogen and oxygen atoms in total. The molecular formula is C14H15N5S. The van der Waals surface area contributed by atoms with Crippen molar-refractivity contribution in [3.8, 4) is 11.1 Å². The minimum Gasteiger partial charge on any atom is -0.383 e. The standard InChI is InChI=1S/C14H15N5S/c15-12-7-13(18-4-1-2-5-18)17-14-11(8-16-19(12)14)10-3-6-20-9-10/h3,6-9H,1-2,4-5,15H2. The second kappa shape index (κ2) is 4.49. The van der Waals surface area contributed by atoms with Crippen molar-refractivity contribution < 1.29 is 0 Å². The summed E-state index contributed by atoms with van der Waals surface area (Å²) >= 11 is 1.67. The van der Waals surface area contributed by atoms with Crippen LogP contribution >= 0.6 is 11.3 Å². The Hall–Kier alpha value is -2.08. The summed E-state index contributed by atoms with van der Waals surface area (Å²) in [6.45, 7) is 2.12. The third kappa shape index (κ3) is 1.76. The van der Waals surface area contributed by atoms with Crippen LogP contribution in [0.15, 0.2) is 29.1 Å². The predicted molar refractivity (Wildman–Crippen MR) is 82.2 cm³/mol. The van der Waals surface area contributed by atoms with Crippen molar-refractivity contribution in [3.05, 3.63) is 29.1 Å². The molecule has 0 aliphatic carbocycles. The van der Waals surface area contributed by atoms with Crippen molar-refractivity contribution in [2.24, 2.45) is 0 Å². The Bertz CT molecular complexity index is 740. The van der Waals surface area contributed by atoms with E-state index in [1.165, 1.54) is 12.8 Å².